The Morgan fingerprint density at radius 3 is 2.71 bits per heavy atom. The summed E-state index contributed by atoms with van der Waals surface area (Å²) in [5, 5.41) is 0. The van der Waals surface area contributed by atoms with Crippen LogP contribution in [0.2, 0.25) is 0 Å². The normalized spacial score (nSPS) is 25.3. The van der Waals surface area contributed by atoms with Crippen molar-refractivity contribution in [1.82, 2.24) is 9.97 Å². The first-order valence-electron chi connectivity index (χ1n) is 6.45. The lowest BCUT2D eigenvalue weighted by Gasteiger charge is -2.44. The van der Waals surface area contributed by atoms with Crippen molar-refractivity contribution in [2.24, 2.45) is 17.6 Å². The Bertz CT molecular complexity index is 339. The molecule has 0 saturated carbocycles. The number of aromatic nitrogens is 2. The van der Waals surface area contributed by atoms with Gasteiger partial charge in [-0.2, -0.15) is 0 Å². The second-order valence-corrected chi connectivity index (χ2v) is 5.16. The molecule has 0 unspecified atom stereocenters. The Labute approximate surface area is 103 Å². The molecular weight excluding hydrogens is 212 g/mol. The zero-order valence-corrected chi connectivity index (χ0v) is 10.7. The minimum atomic E-state index is 0.514. The highest BCUT2D eigenvalue weighted by Crippen LogP contribution is 2.31. The van der Waals surface area contributed by atoms with Crippen LogP contribution in [-0.2, 0) is 0 Å². The van der Waals surface area contributed by atoms with Crippen LogP contribution < -0.4 is 10.6 Å². The molecule has 0 aromatic carbocycles. The summed E-state index contributed by atoms with van der Waals surface area (Å²) < 4.78 is 0. The highest BCUT2D eigenvalue weighted by atomic mass is 15.2. The van der Waals surface area contributed by atoms with Crippen LogP contribution in [0.1, 0.15) is 26.7 Å². The quantitative estimate of drug-likeness (QED) is 0.864. The predicted octanol–water partition coefficient (Wildman–Crippen LogP) is 1.68. The van der Waals surface area contributed by atoms with Crippen molar-refractivity contribution in [3.05, 3.63) is 18.7 Å². The highest BCUT2D eigenvalue weighted by molar-refractivity contribution is 5.43. The third-order valence-corrected chi connectivity index (χ3v) is 3.68. The van der Waals surface area contributed by atoms with Crippen LogP contribution in [-0.4, -0.2) is 29.1 Å². The summed E-state index contributed by atoms with van der Waals surface area (Å²) in [6.07, 6.45) is 7.84. The maximum absolute atomic E-state index is 5.91. The Morgan fingerprint density at radius 1 is 1.41 bits per heavy atom. The van der Waals surface area contributed by atoms with E-state index in [-0.39, 0.29) is 0 Å². The molecule has 0 amide bonds. The summed E-state index contributed by atoms with van der Waals surface area (Å²) in [6, 6.07) is 0.514. The Morgan fingerprint density at radius 2 is 2.12 bits per heavy atom. The average Bonchev–Trinajstić information content (AvgIpc) is 2.38. The Hall–Kier alpha value is -1.16. The first-order chi connectivity index (χ1) is 8.24. The van der Waals surface area contributed by atoms with E-state index in [0.717, 1.165) is 18.8 Å². The molecule has 1 saturated heterocycles. The number of piperidine rings is 1. The molecule has 0 aliphatic carbocycles. The van der Waals surface area contributed by atoms with Crippen molar-refractivity contribution >= 4 is 5.69 Å². The molecule has 2 N–H and O–H groups in total. The molecule has 94 valence electrons. The van der Waals surface area contributed by atoms with E-state index in [1.54, 1.807) is 6.33 Å². The molecule has 2 heterocycles. The fraction of sp³-hybridized carbons (Fsp3) is 0.692. The van der Waals surface area contributed by atoms with Crippen LogP contribution in [0.25, 0.3) is 0 Å². The van der Waals surface area contributed by atoms with Gasteiger partial charge in [-0.1, -0.05) is 13.8 Å². The van der Waals surface area contributed by atoms with E-state index in [0.29, 0.717) is 17.9 Å². The monoisotopic (exact) mass is 234 g/mol. The van der Waals surface area contributed by atoms with Gasteiger partial charge in [0, 0.05) is 12.6 Å². The SMILES string of the molecule is CC(C)[C@@H]1[C@@H](CN)CCCN1c1cncnc1. The minimum Gasteiger partial charge on any atom is -0.365 e. The van der Waals surface area contributed by atoms with E-state index in [9.17, 15) is 0 Å². The zero-order chi connectivity index (χ0) is 12.3. The molecule has 4 heteroatoms. The molecule has 1 aliphatic rings. The molecule has 4 nitrogen and oxygen atoms in total. The topological polar surface area (TPSA) is 55.0 Å². The van der Waals surface area contributed by atoms with E-state index < -0.39 is 0 Å². The van der Waals surface area contributed by atoms with Gasteiger partial charge < -0.3 is 10.6 Å². The Kier molecular flexibility index (Phi) is 3.94. The van der Waals surface area contributed by atoms with Crippen LogP contribution in [0.5, 0.6) is 0 Å². The van der Waals surface area contributed by atoms with E-state index in [2.05, 4.69) is 28.7 Å². The molecule has 1 aromatic heterocycles. The largest absolute Gasteiger partial charge is 0.365 e. The van der Waals surface area contributed by atoms with Crippen molar-refractivity contribution < 1.29 is 0 Å². The Balaban J connectivity index is 2.24. The molecule has 0 spiro atoms. The second-order valence-electron chi connectivity index (χ2n) is 5.16. The molecule has 17 heavy (non-hydrogen) atoms. The lowest BCUT2D eigenvalue weighted by atomic mass is 9.82. The average molecular weight is 234 g/mol. The van der Waals surface area contributed by atoms with Gasteiger partial charge in [-0.15, -0.1) is 0 Å². The third kappa shape index (κ3) is 2.57. The van der Waals surface area contributed by atoms with Crippen molar-refractivity contribution in [2.75, 3.05) is 18.0 Å². The molecule has 1 aromatic rings. The smallest absolute Gasteiger partial charge is 0.115 e. The first-order valence-corrected chi connectivity index (χ1v) is 6.45. The maximum atomic E-state index is 5.91. The number of nitrogens with zero attached hydrogens (tertiary/aromatic N) is 3. The van der Waals surface area contributed by atoms with Crippen molar-refractivity contribution in [3.63, 3.8) is 0 Å². The number of nitrogens with two attached hydrogens (primary N) is 1. The van der Waals surface area contributed by atoms with Gasteiger partial charge in [0.25, 0.3) is 0 Å². The molecule has 1 fully saturated rings. The number of hydrogen-bond donors (Lipinski definition) is 1. The van der Waals surface area contributed by atoms with Crippen LogP contribution in [0.15, 0.2) is 18.7 Å². The summed E-state index contributed by atoms with van der Waals surface area (Å²) in [7, 11) is 0. The first kappa shape index (κ1) is 12.3. The van der Waals surface area contributed by atoms with Gasteiger partial charge in [0.05, 0.1) is 18.1 Å². The van der Waals surface area contributed by atoms with E-state index in [1.807, 2.05) is 12.4 Å². The van der Waals surface area contributed by atoms with E-state index >= 15 is 0 Å². The van der Waals surface area contributed by atoms with Gasteiger partial charge in [0.15, 0.2) is 0 Å². The molecular formula is C13H22N4. The van der Waals surface area contributed by atoms with Crippen molar-refractivity contribution in [2.45, 2.75) is 32.7 Å². The standard InChI is InChI=1S/C13H22N4/c1-10(2)13-11(6-14)4-3-5-17(13)12-7-15-9-16-8-12/h7-11,13H,3-6,14H2,1-2H3/t11-,13-/m1/s1. The molecule has 2 rings (SSSR count). The van der Waals surface area contributed by atoms with Crippen molar-refractivity contribution in [1.29, 1.82) is 0 Å². The summed E-state index contributed by atoms with van der Waals surface area (Å²) in [5.41, 5.74) is 7.04. The second kappa shape index (κ2) is 5.45. The summed E-state index contributed by atoms with van der Waals surface area (Å²) in [5.74, 6) is 1.19. The van der Waals surface area contributed by atoms with Crippen LogP contribution in [0, 0.1) is 11.8 Å². The van der Waals surface area contributed by atoms with Gasteiger partial charge in [0.1, 0.15) is 6.33 Å². The number of rotatable bonds is 3. The van der Waals surface area contributed by atoms with Gasteiger partial charge in [-0.05, 0) is 31.2 Å². The lowest BCUT2D eigenvalue weighted by Crippen LogP contribution is -2.50. The summed E-state index contributed by atoms with van der Waals surface area (Å²) in [6.45, 7) is 6.41. The van der Waals surface area contributed by atoms with Gasteiger partial charge in [-0.3, -0.25) is 0 Å². The molecule has 2 atom stereocenters. The lowest BCUT2D eigenvalue weighted by molar-refractivity contribution is 0.271. The fourth-order valence-corrected chi connectivity index (χ4v) is 3.00. The van der Waals surface area contributed by atoms with E-state index in [4.69, 9.17) is 5.73 Å². The fourth-order valence-electron chi connectivity index (χ4n) is 3.00. The van der Waals surface area contributed by atoms with Gasteiger partial charge in [0.2, 0.25) is 0 Å². The van der Waals surface area contributed by atoms with Gasteiger partial charge in [-0.25, -0.2) is 9.97 Å². The summed E-state index contributed by atoms with van der Waals surface area (Å²) in [4.78, 5) is 10.7. The summed E-state index contributed by atoms with van der Waals surface area (Å²) >= 11 is 0. The van der Waals surface area contributed by atoms with Crippen LogP contribution in [0.3, 0.4) is 0 Å². The van der Waals surface area contributed by atoms with Crippen LogP contribution >= 0.6 is 0 Å². The zero-order valence-electron chi connectivity index (χ0n) is 10.7. The van der Waals surface area contributed by atoms with Crippen molar-refractivity contribution in [3.8, 4) is 0 Å². The van der Waals surface area contributed by atoms with Crippen LogP contribution in [0.4, 0.5) is 5.69 Å². The number of hydrogen-bond acceptors (Lipinski definition) is 4. The minimum absolute atomic E-state index is 0.514. The third-order valence-electron chi connectivity index (χ3n) is 3.68. The van der Waals surface area contributed by atoms with E-state index in [1.165, 1.54) is 12.8 Å². The van der Waals surface area contributed by atoms with Gasteiger partial charge >= 0.3 is 0 Å². The maximum Gasteiger partial charge on any atom is 0.115 e. The molecule has 1 aliphatic heterocycles. The highest BCUT2D eigenvalue weighted by Gasteiger charge is 2.32. The molecule has 0 bridgehead atoms. The number of anilines is 1. The predicted molar refractivity (Wildman–Crippen MR) is 69.8 cm³/mol. The molecule has 0 radical (unpaired) electrons.